The Bertz CT molecular complexity index is 2180. The summed E-state index contributed by atoms with van der Waals surface area (Å²) in [5.74, 6) is 1.30. The Balaban J connectivity index is 1.46. The number of aromatic hydroxyl groups is 1. The Kier molecular flexibility index (Phi) is 9.01. The monoisotopic (exact) mass is 666 g/mol. The first kappa shape index (κ1) is 32.5. The van der Waals surface area contributed by atoms with Crippen molar-refractivity contribution in [2.24, 2.45) is 0 Å². The first-order valence-corrected chi connectivity index (χ1v) is 16.7. The first-order chi connectivity index (χ1) is 23.2. The number of hydrogen-bond acceptors (Lipinski definition) is 9. The van der Waals surface area contributed by atoms with E-state index in [1.165, 1.54) is 13.2 Å². The zero-order valence-corrected chi connectivity index (χ0v) is 27.6. The van der Waals surface area contributed by atoms with E-state index in [0.717, 1.165) is 51.6 Å². The zero-order chi connectivity index (χ0) is 34.0. The van der Waals surface area contributed by atoms with Crippen molar-refractivity contribution in [3.8, 4) is 56.8 Å². The standard InChI is InChI=1S/C38H34O9S/c1-23(48(41,42)28-8-6-5-7-9-28)10-11-25-20-27(43-2)15-16-29(25)31-22-30-26(21-34(31)45-4)13-12-24-14-17-33(44-3)37(35(24)30)47-32-18-19-46-38(40)36(32)39/h5-9,14-22,39H,1,10-13H2,2-4H3. The van der Waals surface area contributed by atoms with Gasteiger partial charge in [0.1, 0.15) is 11.5 Å². The normalized spacial score (nSPS) is 12.1. The molecule has 0 aliphatic heterocycles. The lowest BCUT2D eigenvalue weighted by molar-refractivity contribution is 0.350. The summed E-state index contributed by atoms with van der Waals surface area (Å²) in [5, 5.41) is 10.4. The second kappa shape index (κ2) is 13.3. The molecule has 0 bridgehead atoms. The first-order valence-electron chi connectivity index (χ1n) is 15.2. The summed E-state index contributed by atoms with van der Waals surface area (Å²) in [4.78, 5) is 12.4. The maximum atomic E-state index is 13.3. The Morgan fingerprint density at radius 1 is 0.812 bits per heavy atom. The predicted molar refractivity (Wildman–Crippen MR) is 182 cm³/mol. The van der Waals surface area contributed by atoms with Crippen molar-refractivity contribution in [2.75, 3.05) is 21.3 Å². The average Bonchev–Trinajstić information content (AvgIpc) is 3.11. The predicted octanol–water partition coefficient (Wildman–Crippen LogP) is 7.52. The molecule has 1 aliphatic carbocycles. The highest BCUT2D eigenvalue weighted by Gasteiger charge is 2.28. The van der Waals surface area contributed by atoms with Crippen LogP contribution >= 0.6 is 0 Å². The van der Waals surface area contributed by atoms with Crippen LogP contribution in [0.5, 0.6) is 34.5 Å². The summed E-state index contributed by atoms with van der Waals surface area (Å²) in [7, 11) is 0.990. The molecule has 246 valence electrons. The van der Waals surface area contributed by atoms with E-state index in [1.807, 2.05) is 36.4 Å². The van der Waals surface area contributed by atoms with E-state index in [4.69, 9.17) is 23.4 Å². The lowest BCUT2D eigenvalue weighted by Gasteiger charge is -2.26. The molecule has 5 aromatic rings. The fourth-order valence-electron chi connectivity index (χ4n) is 6.01. The average molecular weight is 667 g/mol. The Hall–Kier alpha value is -5.48. The molecule has 48 heavy (non-hydrogen) atoms. The van der Waals surface area contributed by atoms with Gasteiger partial charge >= 0.3 is 5.63 Å². The molecule has 0 fully saturated rings. The van der Waals surface area contributed by atoms with Crippen LogP contribution in [0.15, 0.2) is 111 Å². The Morgan fingerprint density at radius 3 is 2.29 bits per heavy atom. The van der Waals surface area contributed by atoms with Gasteiger partial charge in [0.2, 0.25) is 15.6 Å². The number of allylic oxidation sites excluding steroid dienone is 1. The minimum atomic E-state index is -3.72. The summed E-state index contributed by atoms with van der Waals surface area (Å²) in [5.41, 5.74) is 5.15. The number of aryl methyl sites for hydroxylation is 3. The van der Waals surface area contributed by atoms with E-state index < -0.39 is 21.2 Å². The van der Waals surface area contributed by atoms with Crippen LogP contribution < -0.4 is 24.6 Å². The molecule has 0 unspecified atom stereocenters. The number of methoxy groups -OCH3 is 3. The molecule has 6 rings (SSSR count). The number of sulfone groups is 1. The molecular formula is C38H34O9S. The molecular weight excluding hydrogens is 632 g/mol. The van der Waals surface area contributed by atoms with E-state index in [2.05, 4.69) is 6.58 Å². The molecule has 1 heterocycles. The van der Waals surface area contributed by atoms with Gasteiger partial charge in [-0.25, -0.2) is 13.2 Å². The van der Waals surface area contributed by atoms with Gasteiger partial charge in [-0.2, -0.15) is 0 Å². The van der Waals surface area contributed by atoms with Crippen molar-refractivity contribution in [2.45, 2.75) is 30.6 Å². The SMILES string of the molecule is C=C(CCc1cc(OC)ccc1-c1cc2c(cc1OC)CCc1ccc(OC)c(Oc3ccoc(=O)c3O)c1-2)S(=O)(=O)c1ccccc1. The van der Waals surface area contributed by atoms with Gasteiger partial charge in [0, 0.05) is 22.1 Å². The minimum Gasteiger partial charge on any atom is -0.499 e. The number of hydrogen-bond donors (Lipinski definition) is 1. The largest absolute Gasteiger partial charge is 0.499 e. The molecule has 9 nitrogen and oxygen atoms in total. The number of fused-ring (bicyclic) bond motifs is 3. The summed E-state index contributed by atoms with van der Waals surface area (Å²) in [6.07, 6.45) is 3.15. The lowest BCUT2D eigenvalue weighted by Crippen LogP contribution is -2.08. The van der Waals surface area contributed by atoms with E-state index in [0.29, 0.717) is 35.8 Å². The van der Waals surface area contributed by atoms with Gasteiger partial charge in [0.15, 0.2) is 17.2 Å². The highest BCUT2D eigenvalue weighted by atomic mass is 32.2. The van der Waals surface area contributed by atoms with Crippen molar-refractivity contribution < 1.29 is 36.9 Å². The van der Waals surface area contributed by atoms with Gasteiger partial charge in [-0.15, -0.1) is 0 Å². The highest BCUT2D eigenvalue weighted by Crippen LogP contribution is 2.50. The van der Waals surface area contributed by atoms with E-state index in [1.54, 1.807) is 50.6 Å². The van der Waals surface area contributed by atoms with Gasteiger partial charge in [0.25, 0.3) is 0 Å². The molecule has 0 saturated carbocycles. The van der Waals surface area contributed by atoms with Crippen LogP contribution in [0.2, 0.25) is 0 Å². The molecule has 4 aromatic carbocycles. The molecule has 0 spiro atoms. The lowest BCUT2D eigenvalue weighted by atomic mass is 9.82. The van der Waals surface area contributed by atoms with Crippen molar-refractivity contribution in [3.63, 3.8) is 0 Å². The van der Waals surface area contributed by atoms with Gasteiger partial charge < -0.3 is 28.5 Å². The second-order valence-electron chi connectivity index (χ2n) is 11.2. The second-order valence-corrected chi connectivity index (χ2v) is 13.3. The fourth-order valence-corrected chi connectivity index (χ4v) is 7.23. The molecule has 1 aromatic heterocycles. The van der Waals surface area contributed by atoms with Crippen LogP contribution in [0.25, 0.3) is 22.3 Å². The van der Waals surface area contributed by atoms with Crippen LogP contribution in [0.4, 0.5) is 0 Å². The van der Waals surface area contributed by atoms with Gasteiger partial charge in [-0.3, -0.25) is 0 Å². The summed E-state index contributed by atoms with van der Waals surface area (Å²) in [6, 6.07) is 23.1. The minimum absolute atomic E-state index is 0.0677. The number of benzene rings is 4. The summed E-state index contributed by atoms with van der Waals surface area (Å²) in [6.45, 7) is 3.94. The van der Waals surface area contributed by atoms with Crippen LogP contribution in [0, 0.1) is 0 Å². The smallest absolute Gasteiger partial charge is 0.382 e. The van der Waals surface area contributed by atoms with Crippen molar-refractivity contribution in [1.82, 2.24) is 0 Å². The Labute approximate surface area is 278 Å². The summed E-state index contributed by atoms with van der Waals surface area (Å²) >= 11 is 0. The molecule has 0 radical (unpaired) electrons. The molecule has 0 amide bonds. The fraction of sp³-hybridized carbons (Fsp3) is 0.184. The Morgan fingerprint density at radius 2 is 1.56 bits per heavy atom. The van der Waals surface area contributed by atoms with Crippen molar-refractivity contribution >= 4 is 9.84 Å². The van der Waals surface area contributed by atoms with E-state index >= 15 is 0 Å². The third-order valence-electron chi connectivity index (χ3n) is 8.53. The molecule has 1 N–H and O–H groups in total. The van der Waals surface area contributed by atoms with E-state index in [-0.39, 0.29) is 22.0 Å². The maximum absolute atomic E-state index is 13.3. The third-order valence-corrected chi connectivity index (χ3v) is 10.4. The zero-order valence-electron chi connectivity index (χ0n) is 26.7. The quantitative estimate of drug-likeness (QED) is 0.153. The molecule has 1 aliphatic rings. The van der Waals surface area contributed by atoms with Gasteiger partial charge in [0.05, 0.1) is 32.5 Å². The van der Waals surface area contributed by atoms with Crippen LogP contribution in [0.3, 0.4) is 0 Å². The van der Waals surface area contributed by atoms with Crippen LogP contribution in [-0.4, -0.2) is 34.9 Å². The third kappa shape index (κ3) is 6.02. The van der Waals surface area contributed by atoms with Gasteiger partial charge in [-0.1, -0.05) is 36.9 Å². The van der Waals surface area contributed by atoms with Crippen molar-refractivity contribution in [1.29, 1.82) is 0 Å². The number of ether oxygens (including phenoxy) is 4. The molecule has 10 heteroatoms. The maximum Gasteiger partial charge on any atom is 0.382 e. The summed E-state index contributed by atoms with van der Waals surface area (Å²) < 4.78 is 54.7. The van der Waals surface area contributed by atoms with Crippen LogP contribution in [0.1, 0.15) is 23.1 Å². The van der Waals surface area contributed by atoms with Gasteiger partial charge in [-0.05, 0) is 96.0 Å². The number of rotatable bonds is 11. The molecule has 0 atom stereocenters. The van der Waals surface area contributed by atoms with Crippen molar-refractivity contribution in [3.05, 3.63) is 124 Å². The van der Waals surface area contributed by atoms with Crippen LogP contribution in [-0.2, 0) is 29.1 Å². The topological polar surface area (TPSA) is 122 Å². The molecule has 0 saturated heterocycles. The highest BCUT2D eigenvalue weighted by molar-refractivity contribution is 7.95. The van der Waals surface area contributed by atoms with E-state index in [9.17, 15) is 18.3 Å².